The van der Waals surface area contributed by atoms with Gasteiger partial charge >= 0.3 is 0 Å². The van der Waals surface area contributed by atoms with E-state index in [4.69, 9.17) is 11.5 Å². The number of rotatable bonds is 9. The van der Waals surface area contributed by atoms with E-state index in [9.17, 15) is 9.18 Å². The molecule has 176 valence electrons. The minimum atomic E-state index is -0.301. The summed E-state index contributed by atoms with van der Waals surface area (Å²) in [6.45, 7) is 3.35. The van der Waals surface area contributed by atoms with Crippen molar-refractivity contribution < 1.29 is 9.18 Å². The zero-order valence-electron chi connectivity index (χ0n) is 19.3. The molecule has 0 spiro atoms. The van der Waals surface area contributed by atoms with Crippen LogP contribution >= 0.6 is 0 Å². The molecule has 4 aromatic rings. The molecule has 0 unspecified atom stereocenters. The van der Waals surface area contributed by atoms with Crippen molar-refractivity contribution in [3.63, 3.8) is 0 Å². The summed E-state index contributed by atoms with van der Waals surface area (Å²) in [5.41, 5.74) is 17.4. The van der Waals surface area contributed by atoms with Gasteiger partial charge in [-0.05, 0) is 67.3 Å². The molecule has 5 N–H and O–H groups in total. The lowest BCUT2D eigenvalue weighted by molar-refractivity contribution is 0.0937. The lowest BCUT2D eigenvalue weighted by Gasteiger charge is -2.13. The Bertz CT molecular complexity index is 1260. The Kier molecular flexibility index (Phi) is 7.35. The third-order valence-electron chi connectivity index (χ3n) is 5.89. The Morgan fingerprint density at radius 1 is 1.06 bits per heavy atom. The van der Waals surface area contributed by atoms with E-state index in [-0.39, 0.29) is 17.8 Å². The van der Waals surface area contributed by atoms with E-state index in [2.05, 4.69) is 41.5 Å². The molecular formula is C27H30FN5O. The standard InChI is InChI=1S/C27H30FN5O/c1-18-4-8-20(9-5-18)21-10-13-24-25(15-21)33(17-19-6-11-22(28)12-7-19)26(32-24)27(34)31-16-23(30)3-2-14-29/h4-13,15,23H,2-3,14,16-17,29-30H2,1H3,(H,31,34)/t23-/m0/s1. The van der Waals surface area contributed by atoms with Crippen molar-refractivity contribution in [1.29, 1.82) is 0 Å². The summed E-state index contributed by atoms with van der Waals surface area (Å²) in [5.74, 6) is -0.296. The van der Waals surface area contributed by atoms with Crippen LogP contribution < -0.4 is 16.8 Å². The van der Waals surface area contributed by atoms with Gasteiger partial charge in [0.15, 0.2) is 5.82 Å². The summed E-state index contributed by atoms with van der Waals surface area (Å²) in [6.07, 6.45) is 1.55. The summed E-state index contributed by atoms with van der Waals surface area (Å²) >= 11 is 0. The molecule has 0 aliphatic carbocycles. The van der Waals surface area contributed by atoms with Crippen LogP contribution in [0.3, 0.4) is 0 Å². The molecule has 3 aromatic carbocycles. The van der Waals surface area contributed by atoms with Crippen molar-refractivity contribution in [2.24, 2.45) is 11.5 Å². The van der Waals surface area contributed by atoms with Crippen molar-refractivity contribution in [3.05, 3.63) is 89.5 Å². The maximum atomic E-state index is 13.5. The average molecular weight is 460 g/mol. The number of amides is 1. The van der Waals surface area contributed by atoms with Crippen LogP contribution in [0.2, 0.25) is 0 Å². The van der Waals surface area contributed by atoms with Crippen molar-refractivity contribution in [1.82, 2.24) is 14.9 Å². The quantitative estimate of drug-likeness (QED) is 0.352. The van der Waals surface area contributed by atoms with Gasteiger partial charge in [0, 0.05) is 19.1 Å². The van der Waals surface area contributed by atoms with Gasteiger partial charge in [0.25, 0.3) is 5.91 Å². The highest BCUT2D eigenvalue weighted by molar-refractivity contribution is 5.95. The highest BCUT2D eigenvalue weighted by Crippen LogP contribution is 2.26. The van der Waals surface area contributed by atoms with Gasteiger partial charge < -0.3 is 21.4 Å². The Morgan fingerprint density at radius 3 is 2.47 bits per heavy atom. The lowest BCUT2D eigenvalue weighted by Crippen LogP contribution is -2.38. The number of halogens is 1. The molecule has 4 rings (SSSR count). The fourth-order valence-electron chi connectivity index (χ4n) is 3.94. The fraction of sp³-hybridized carbons (Fsp3) is 0.259. The molecule has 1 aromatic heterocycles. The molecule has 0 saturated carbocycles. The third kappa shape index (κ3) is 5.50. The van der Waals surface area contributed by atoms with Crippen molar-refractivity contribution >= 4 is 16.9 Å². The summed E-state index contributed by atoms with van der Waals surface area (Å²) in [7, 11) is 0. The van der Waals surface area contributed by atoms with Crippen LogP contribution in [-0.4, -0.2) is 34.6 Å². The number of benzene rings is 3. The second kappa shape index (κ2) is 10.6. The van der Waals surface area contributed by atoms with E-state index < -0.39 is 0 Å². The van der Waals surface area contributed by atoms with Crippen LogP contribution in [-0.2, 0) is 6.54 Å². The van der Waals surface area contributed by atoms with Crippen molar-refractivity contribution in [3.8, 4) is 11.1 Å². The molecule has 0 radical (unpaired) electrons. The number of fused-ring (bicyclic) bond motifs is 1. The highest BCUT2D eigenvalue weighted by Gasteiger charge is 2.19. The Labute approximate surface area is 198 Å². The summed E-state index contributed by atoms with van der Waals surface area (Å²) < 4.78 is 15.3. The topological polar surface area (TPSA) is 99.0 Å². The van der Waals surface area contributed by atoms with Gasteiger partial charge in [-0.25, -0.2) is 9.37 Å². The number of nitrogens with one attached hydrogen (secondary N) is 1. The van der Waals surface area contributed by atoms with Gasteiger partial charge in [0.05, 0.1) is 11.0 Å². The van der Waals surface area contributed by atoms with Gasteiger partial charge in [-0.1, -0.05) is 48.0 Å². The molecule has 1 amide bonds. The molecule has 0 bridgehead atoms. The smallest absolute Gasteiger partial charge is 0.287 e. The first-order valence-electron chi connectivity index (χ1n) is 11.5. The molecule has 34 heavy (non-hydrogen) atoms. The summed E-state index contributed by atoms with van der Waals surface area (Å²) in [4.78, 5) is 17.7. The van der Waals surface area contributed by atoms with Crippen LogP contribution in [0.1, 0.15) is 34.6 Å². The van der Waals surface area contributed by atoms with E-state index in [0.29, 0.717) is 25.5 Å². The Morgan fingerprint density at radius 2 is 1.76 bits per heavy atom. The summed E-state index contributed by atoms with van der Waals surface area (Å²) in [6, 6.07) is 20.4. The zero-order valence-corrected chi connectivity index (χ0v) is 19.3. The number of aromatic nitrogens is 2. The molecular weight excluding hydrogens is 429 g/mol. The molecule has 0 aliphatic rings. The molecule has 1 heterocycles. The molecule has 1 atom stereocenters. The van der Waals surface area contributed by atoms with E-state index >= 15 is 0 Å². The van der Waals surface area contributed by atoms with E-state index in [0.717, 1.165) is 40.6 Å². The van der Waals surface area contributed by atoms with Gasteiger partial charge in [-0.3, -0.25) is 4.79 Å². The Hall–Kier alpha value is -3.55. The van der Waals surface area contributed by atoms with Crippen LogP contribution in [0.5, 0.6) is 0 Å². The maximum Gasteiger partial charge on any atom is 0.287 e. The molecule has 6 nitrogen and oxygen atoms in total. The second-order valence-corrected chi connectivity index (χ2v) is 8.62. The van der Waals surface area contributed by atoms with E-state index in [1.807, 2.05) is 22.8 Å². The number of hydrogen-bond donors (Lipinski definition) is 3. The minimum Gasteiger partial charge on any atom is -0.348 e. The van der Waals surface area contributed by atoms with Crippen LogP contribution in [0.4, 0.5) is 4.39 Å². The normalized spacial score (nSPS) is 12.1. The van der Waals surface area contributed by atoms with Crippen molar-refractivity contribution in [2.75, 3.05) is 13.1 Å². The maximum absolute atomic E-state index is 13.5. The predicted molar refractivity (Wildman–Crippen MR) is 134 cm³/mol. The molecule has 0 saturated heterocycles. The fourth-order valence-corrected chi connectivity index (χ4v) is 3.94. The minimum absolute atomic E-state index is 0.171. The average Bonchev–Trinajstić information content (AvgIpc) is 3.20. The lowest BCUT2D eigenvalue weighted by atomic mass is 10.0. The SMILES string of the molecule is Cc1ccc(-c2ccc3nc(C(=O)NC[C@@H](N)CCCN)n(Cc4ccc(F)cc4)c3c2)cc1. The number of aryl methyl sites for hydroxylation is 1. The number of nitrogens with two attached hydrogens (primary N) is 2. The molecule has 0 fully saturated rings. The monoisotopic (exact) mass is 459 g/mol. The van der Waals surface area contributed by atoms with Gasteiger partial charge in [-0.2, -0.15) is 0 Å². The second-order valence-electron chi connectivity index (χ2n) is 8.62. The van der Waals surface area contributed by atoms with Crippen LogP contribution in [0.15, 0.2) is 66.7 Å². The number of hydrogen-bond acceptors (Lipinski definition) is 4. The van der Waals surface area contributed by atoms with E-state index in [1.165, 1.54) is 17.7 Å². The first-order chi connectivity index (χ1) is 16.4. The third-order valence-corrected chi connectivity index (χ3v) is 5.89. The number of imidazole rings is 1. The predicted octanol–water partition coefficient (Wildman–Crippen LogP) is 4.00. The van der Waals surface area contributed by atoms with Crippen LogP contribution in [0, 0.1) is 12.7 Å². The van der Waals surface area contributed by atoms with Gasteiger partial charge in [0.2, 0.25) is 0 Å². The number of carbonyl (C=O) groups excluding carboxylic acids is 1. The van der Waals surface area contributed by atoms with Crippen LogP contribution in [0.25, 0.3) is 22.2 Å². The molecule has 0 aliphatic heterocycles. The van der Waals surface area contributed by atoms with E-state index in [1.54, 1.807) is 12.1 Å². The van der Waals surface area contributed by atoms with Crippen molar-refractivity contribution in [2.45, 2.75) is 32.4 Å². The van der Waals surface area contributed by atoms with Gasteiger partial charge in [-0.15, -0.1) is 0 Å². The zero-order chi connectivity index (χ0) is 24.1. The first kappa shape index (κ1) is 23.6. The summed E-state index contributed by atoms with van der Waals surface area (Å²) in [5, 5.41) is 2.91. The number of carbonyl (C=O) groups is 1. The Balaban J connectivity index is 1.70. The largest absolute Gasteiger partial charge is 0.348 e. The molecule has 7 heteroatoms. The first-order valence-corrected chi connectivity index (χ1v) is 11.5. The highest BCUT2D eigenvalue weighted by atomic mass is 19.1. The number of nitrogens with zero attached hydrogens (tertiary/aromatic N) is 2. The van der Waals surface area contributed by atoms with Gasteiger partial charge in [0.1, 0.15) is 5.82 Å².